The molecule has 0 saturated heterocycles. The van der Waals surface area contributed by atoms with Gasteiger partial charge in [0.1, 0.15) is 6.10 Å². The van der Waals surface area contributed by atoms with Crippen LogP contribution in [0.4, 0.5) is 0 Å². The van der Waals surface area contributed by atoms with E-state index in [1.807, 2.05) is 0 Å². The van der Waals surface area contributed by atoms with Gasteiger partial charge in [0.25, 0.3) is 0 Å². The van der Waals surface area contributed by atoms with Crippen molar-refractivity contribution in [3.05, 3.63) is 23.4 Å². The maximum Gasteiger partial charge on any atom is 0.214 e. The Balaban J connectivity index is 2.04. The molecule has 1 heterocycles. The first kappa shape index (κ1) is 16.3. The molecular formula is C18H30N2O. The van der Waals surface area contributed by atoms with Gasteiger partial charge in [0.2, 0.25) is 5.88 Å². The minimum atomic E-state index is 0.342. The number of aryl methyl sites for hydroxylation is 1. The van der Waals surface area contributed by atoms with E-state index in [0.717, 1.165) is 37.5 Å². The molecule has 2 atom stereocenters. The highest BCUT2D eigenvalue weighted by molar-refractivity contribution is 5.25. The van der Waals surface area contributed by atoms with Crippen molar-refractivity contribution in [3.63, 3.8) is 0 Å². The second-order valence-electron chi connectivity index (χ2n) is 6.25. The van der Waals surface area contributed by atoms with Crippen molar-refractivity contribution < 1.29 is 4.74 Å². The summed E-state index contributed by atoms with van der Waals surface area (Å²) in [7, 11) is 0. The predicted molar refractivity (Wildman–Crippen MR) is 87.7 cm³/mol. The number of nitrogens with one attached hydrogen (secondary N) is 1. The maximum atomic E-state index is 6.22. The molecule has 0 spiro atoms. The van der Waals surface area contributed by atoms with Gasteiger partial charge in [0.15, 0.2) is 0 Å². The Hall–Kier alpha value is -1.09. The Labute approximate surface area is 129 Å². The zero-order valence-electron chi connectivity index (χ0n) is 13.8. The molecule has 1 saturated carbocycles. The number of rotatable bonds is 7. The Morgan fingerprint density at radius 3 is 2.76 bits per heavy atom. The lowest BCUT2D eigenvalue weighted by Crippen LogP contribution is -2.28. The average Bonchev–Trinajstić information content (AvgIpc) is 2.50. The number of nitrogens with zero attached hydrogens (tertiary/aromatic N) is 1. The van der Waals surface area contributed by atoms with E-state index in [0.29, 0.717) is 12.0 Å². The van der Waals surface area contributed by atoms with E-state index < -0.39 is 0 Å². The molecule has 1 aromatic heterocycles. The lowest BCUT2D eigenvalue weighted by molar-refractivity contribution is 0.0973. The molecule has 0 radical (unpaired) electrons. The van der Waals surface area contributed by atoms with Gasteiger partial charge in [0.05, 0.1) is 0 Å². The predicted octanol–water partition coefficient (Wildman–Crippen LogP) is 4.10. The van der Waals surface area contributed by atoms with Gasteiger partial charge >= 0.3 is 0 Å². The molecule has 21 heavy (non-hydrogen) atoms. The quantitative estimate of drug-likeness (QED) is 0.768. The highest BCUT2D eigenvalue weighted by Crippen LogP contribution is 2.28. The van der Waals surface area contributed by atoms with Crippen LogP contribution in [-0.2, 0) is 13.0 Å². The van der Waals surface area contributed by atoms with Gasteiger partial charge in [0, 0.05) is 18.3 Å². The third-order valence-corrected chi connectivity index (χ3v) is 4.34. The minimum absolute atomic E-state index is 0.342. The first-order valence-electron chi connectivity index (χ1n) is 8.60. The van der Waals surface area contributed by atoms with Gasteiger partial charge < -0.3 is 10.1 Å². The molecule has 1 aliphatic carbocycles. The maximum absolute atomic E-state index is 6.22. The van der Waals surface area contributed by atoms with Crippen molar-refractivity contribution in [3.8, 4) is 5.88 Å². The third kappa shape index (κ3) is 4.99. The molecule has 118 valence electrons. The van der Waals surface area contributed by atoms with Crippen LogP contribution in [0.3, 0.4) is 0 Å². The fraction of sp³-hybridized carbons (Fsp3) is 0.722. The molecule has 3 heteroatoms. The summed E-state index contributed by atoms with van der Waals surface area (Å²) >= 11 is 0. The highest BCUT2D eigenvalue weighted by atomic mass is 16.5. The molecule has 0 aromatic carbocycles. The first-order chi connectivity index (χ1) is 10.2. The van der Waals surface area contributed by atoms with Gasteiger partial charge in [-0.1, -0.05) is 27.2 Å². The molecule has 0 bridgehead atoms. The van der Waals surface area contributed by atoms with Crippen molar-refractivity contribution in [2.45, 2.75) is 71.9 Å². The second-order valence-corrected chi connectivity index (χ2v) is 6.25. The fourth-order valence-corrected chi connectivity index (χ4v) is 2.99. The molecule has 1 aliphatic rings. The average molecular weight is 290 g/mol. The Bertz CT molecular complexity index is 433. The van der Waals surface area contributed by atoms with Crippen LogP contribution in [-0.4, -0.2) is 17.6 Å². The van der Waals surface area contributed by atoms with Crippen molar-refractivity contribution in [2.75, 3.05) is 6.54 Å². The first-order valence-corrected chi connectivity index (χ1v) is 8.60. The molecule has 0 amide bonds. The normalized spacial score (nSPS) is 22.2. The smallest absolute Gasteiger partial charge is 0.214 e. The van der Waals surface area contributed by atoms with Crippen molar-refractivity contribution in [1.29, 1.82) is 0 Å². The Morgan fingerprint density at radius 1 is 1.24 bits per heavy atom. The van der Waals surface area contributed by atoms with Crippen LogP contribution in [0, 0.1) is 5.92 Å². The molecule has 0 aliphatic heterocycles. The van der Waals surface area contributed by atoms with Gasteiger partial charge in [-0.25, -0.2) is 4.98 Å². The molecule has 3 nitrogen and oxygen atoms in total. The summed E-state index contributed by atoms with van der Waals surface area (Å²) in [6.45, 7) is 8.60. The summed E-state index contributed by atoms with van der Waals surface area (Å²) in [5.74, 6) is 1.47. The summed E-state index contributed by atoms with van der Waals surface area (Å²) in [5, 5.41) is 3.46. The standard InChI is InChI=1S/C18H30N2O/c1-4-10-19-13-15-11-16(5-2)20-18(12-15)21-17-9-7-6-8-14(17)3/h11-12,14,17,19H,4-10,13H2,1-3H3. The topological polar surface area (TPSA) is 34.2 Å². The molecular weight excluding hydrogens is 260 g/mol. The van der Waals surface area contributed by atoms with Crippen LogP contribution < -0.4 is 10.1 Å². The molecule has 1 fully saturated rings. The summed E-state index contributed by atoms with van der Waals surface area (Å²) < 4.78 is 6.22. The Morgan fingerprint density at radius 2 is 2.05 bits per heavy atom. The van der Waals surface area contributed by atoms with E-state index in [2.05, 4.69) is 43.2 Å². The molecule has 1 N–H and O–H groups in total. The third-order valence-electron chi connectivity index (χ3n) is 4.34. The van der Waals surface area contributed by atoms with E-state index >= 15 is 0 Å². The van der Waals surface area contributed by atoms with Crippen LogP contribution in [0.2, 0.25) is 0 Å². The fourth-order valence-electron chi connectivity index (χ4n) is 2.99. The molecule has 2 unspecified atom stereocenters. The molecule has 2 rings (SSSR count). The number of ether oxygens (including phenoxy) is 1. The van der Waals surface area contributed by atoms with Crippen LogP contribution in [0.1, 0.15) is 64.1 Å². The zero-order valence-corrected chi connectivity index (χ0v) is 13.8. The monoisotopic (exact) mass is 290 g/mol. The van der Waals surface area contributed by atoms with E-state index in [1.54, 1.807) is 0 Å². The van der Waals surface area contributed by atoms with E-state index in [4.69, 9.17) is 4.74 Å². The lowest BCUT2D eigenvalue weighted by atomic mass is 9.88. The number of hydrogen-bond donors (Lipinski definition) is 1. The number of hydrogen-bond acceptors (Lipinski definition) is 3. The summed E-state index contributed by atoms with van der Waals surface area (Å²) in [4.78, 5) is 4.66. The number of pyridine rings is 1. The highest BCUT2D eigenvalue weighted by Gasteiger charge is 2.23. The van der Waals surface area contributed by atoms with Crippen molar-refractivity contribution in [1.82, 2.24) is 10.3 Å². The second kappa shape index (κ2) is 8.38. The van der Waals surface area contributed by atoms with Gasteiger partial charge in [-0.2, -0.15) is 0 Å². The molecule has 1 aromatic rings. The summed E-state index contributed by atoms with van der Waals surface area (Å²) in [5.41, 5.74) is 2.41. The number of aromatic nitrogens is 1. The van der Waals surface area contributed by atoms with Gasteiger partial charge in [-0.3, -0.25) is 0 Å². The van der Waals surface area contributed by atoms with Gasteiger partial charge in [-0.15, -0.1) is 0 Å². The zero-order chi connectivity index (χ0) is 15.1. The SMILES string of the molecule is CCCNCc1cc(CC)nc(OC2CCCCC2C)c1. The van der Waals surface area contributed by atoms with Crippen LogP contribution in [0.15, 0.2) is 12.1 Å². The largest absolute Gasteiger partial charge is 0.474 e. The van der Waals surface area contributed by atoms with E-state index in [1.165, 1.54) is 31.2 Å². The summed E-state index contributed by atoms with van der Waals surface area (Å²) in [6, 6.07) is 4.31. The summed E-state index contributed by atoms with van der Waals surface area (Å²) in [6.07, 6.45) is 7.54. The van der Waals surface area contributed by atoms with Crippen molar-refractivity contribution >= 4 is 0 Å². The van der Waals surface area contributed by atoms with Crippen LogP contribution >= 0.6 is 0 Å². The van der Waals surface area contributed by atoms with Crippen LogP contribution in [0.25, 0.3) is 0 Å². The Kier molecular flexibility index (Phi) is 6.50. The minimum Gasteiger partial charge on any atom is -0.474 e. The van der Waals surface area contributed by atoms with E-state index in [9.17, 15) is 0 Å². The van der Waals surface area contributed by atoms with Crippen molar-refractivity contribution in [2.24, 2.45) is 5.92 Å². The van der Waals surface area contributed by atoms with E-state index in [-0.39, 0.29) is 0 Å². The van der Waals surface area contributed by atoms with Gasteiger partial charge in [-0.05, 0) is 56.2 Å². The lowest BCUT2D eigenvalue weighted by Gasteiger charge is -2.29. The van der Waals surface area contributed by atoms with Crippen LogP contribution in [0.5, 0.6) is 5.88 Å².